The van der Waals surface area contributed by atoms with Crippen LogP contribution < -0.4 is 0 Å². The Bertz CT molecular complexity index is 478. The van der Waals surface area contributed by atoms with Crippen molar-refractivity contribution >= 4 is 21.9 Å². The number of benzene rings is 1. The molecule has 17 heavy (non-hydrogen) atoms. The highest BCUT2D eigenvalue weighted by Gasteiger charge is 2.53. The lowest BCUT2D eigenvalue weighted by molar-refractivity contribution is -0.141. The monoisotopic (exact) mass is 308 g/mol. The maximum atomic E-state index is 12.5. The van der Waals surface area contributed by atoms with E-state index in [0.717, 1.165) is 12.1 Å². The number of carboxylic acid groups (broad SMARTS) is 1. The Hall–Kier alpha value is -1.04. The van der Waals surface area contributed by atoms with E-state index in [0.29, 0.717) is 17.3 Å². The lowest BCUT2D eigenvalue weighted by atomic mass is 9.94. The Balaban J connectivity index is 2.51. The van der Waals surface area contributed by atoms with Gasteiger partial charge in [0.2, 0.25) is 0 Å². The molecule has 0 saturated heterocycles. The number of halogens is 4. The Morgan fingerprint density at radius 1 is 1.35 bits per heavy atom. The second-order valence-electron chi connectivity index (χ2n) is 4.08. The Morgan fingerprint density at radius 2 is 1.94 bits per heavy atom. The van der Waals surface area contributed by atoms with Gasteiger partial charge in [0.15, 0.2) is 0 Å². The molecule has 0 heterocycles. The summed E-state index contributed by atoms with van der Waals surface area (Å²) in [7, 11) is 0. The minimum Gasteiger partial charge on any atom is -0.481 e. The van der Waals surface area contributed by atoms with Crippen LogP contribution in [0.2, 0.25) is 0 Å². The molecule has 1 saturated carbocycles. The fourth-order valence-corrected chi connectivity index (χ4v) is 2.42. The molecule has 0 bridgehead atoms. The third-order valence-electron chi connectivity index (χ3n) is 2.97. The van der Waals surface area contributed by atoms with E-state index in [1.54, 1.807) is 0 Å². The Morgan fingerprint density at radius 3 is 2.35 bits per heavy atom. The zero-order valence-corrected chi connectivity index (χ0v) is 10.1. The largest absolute Gasteiger partial charge is 0.481 e. The van der Waals surface area contributed by atoms with Gasteiger partial charge in [0, 0.05) is 4.47 Å². The van der Waals surface area contributed by atoms with Crippen LogP contribution in [-0.4, -0.2) is 11.1 Å². The molecule has 1 fully saturated rings. The van der Waals surface area contributed by atoms with Gasteiger partial charge >= 0.3 is 12.1 Å². The van der Waals surface area contributed by atoms with Gasteiger partial charge in [0.05, 0.1) is 11.0 Å². The Kier molecular flexibility index (Phi) is 2.72. The average Bonchev–Trinajstić information content (AvgIpc) is 2.97. The highest BCUT2D eigenvalue weighted by Crippen LogP contribution is 2.51. The number of hydrogen-bond acceptors (Lipinski definition) is 1. The number of aliphatic carboxylic acids is 1. The summed E-state index contributed by atoms with van der Waals surface area (Å²) in [5.74, 6) is -1.07. The molecule has 0 spiro atoms. The van der Waals surface area contributed by atoms with Gasteiger partial charge in [-0.25, -0.2) is 0 Å². The molecule has 0 aromatic heterocycles. The number of alkyl halides is 3. The predicted molar refractivity (Wildman–Crippen MR) is 57.7 cm³/mol. The van der Waals surface area contributed by atoms with Crippen molar-refractivity contribution in [2.24, 2.45) is 0 Å². The predicted octanol–water partition coefficient (Wildman–Crippen LogP) is 3.58. The first kappa shape index (κ1) is 12.4. The molecule has 1 aromatic carbocycles. The van der Waals surface area contributed by atoms with E-state index in [4.69, 9.17) is 5.11 Å². The van der Waals surface area contributed by atoms with E-state index in [1.165, 1.54) is 6.07 Å². The van der Waals surface area contributed by atoms with Crippen molar-refractivity contribution < 1.29 is 23.1 Å². The first-order valence-electron chi connectivity index (χ1n) is 4.88. The van der Waals surface area contributed by atoms with Gasteiger partial charge in [-0.05, 0) is 36.6 Å². The highest BCUT2D eigenvalue weighted by atomic mass is 79.9. The van der Waals surface area contributed by atoms with Crippen LogP contribution in [0.15, 0.2) is 22.7 Å². The summed E-state index contributed by atoms with van der Waals surface area (Å²) in [6.07, 6.45) is -3.70. The minimum atomic E-state index is -4.45. The van der Waals surface area contributed by atoms with E-state index < -0.39 is 23.1 Å². The second-order valence-corrected chi connectivity index (χ2v) is 4.93. The highest BCUT2D eigenvalue weighted by molar-refractivity contribution is 9.10. The van der Waals surface area contributed by atoms with E-state index in [1.807, 2.05) is 0 Å². The van der Waals surface area contributed by atoms with Crippen LogP contribution in [0, 0.1) is 0 Å². The van der Waals surface area contributed by atoms with E-state index in [9.17, 15) is 18.0 Å². The molecule has 2 rings (SSSR count). The zero-order valence-electron chi connectivity index (χ0n) is 8.51. The number of carbonyl (C=O) groups is 1. The van der Waals surface area contributed by atoms with Gasteiger partial charge in [-0.1, -0.05) is 15.9 Å². The average molecular weight is 309 g/mol. The van der Waals surface area contributed by atoms with Crippen molar-refractivity contribution in [1.82, 2.24) is 0 Å². The smallest absolute Gasteiger partial charge is 0.416 e. The van der Waals surface area contributed by atoms with Crippen molar-refractivity contribution in [2.45, 2.75) is 24.4 Å². The molecule has 1 aliphatic carbocycles. The summed E-state index contributed by atoms with van der Waals surface area (Å²) in [5, 5.41) is 9.07. The normalized spacial score (nSPS) is 17.9. The van der Waals surface area contributed by atoms with Gasteiger partial charge in [-0.15, -0.1) is 0 Å². The van der Waals surface area contributed by atoms with Crippen LogP contribution in [0.1, 0.15) is 24.0 Å². The quantitative estimate of drug-likeness (QED) is 0.906. The van der Waals surface area contributed by atoms with Crippen LogP contribution in [0.3, 0.4) is 0 Å². The summed E-state index contributed by atoms with van der Waals surface area (Å²) < 4.78 is 38.0. The van der Waals surface area contributed by atoms with Crippen LogP contribution in [0.25, 0.3) is 0 Å². The lowest BCUT2D eigenvalue weighted by Gasteiger charge is -2.15. The number of hydrogen-bond donors (Lipinski definition) is 1. The minimum absolute atomic E-state index is 0.208. The first-order valence-corrected chi connectivity index (χ1v) is 5.67. The molecule has 2 nitrogen and oxygen atoms in total. The SMILES string of the molecule is O=C(O)C1(c2cc(C(F)(F)F)ccc2Br)CC1. The molecule has 1 aromatic rings. The standard InChI is InChI=1S/C11H8BrF3O2/c12-8-2-1-6(11(13,14)15)5-7(8)10(3-4-10)9(16)17/h1-2,5H,3-4H2,(H,16,17). The third kappa shape index (κ3) is 2.06. The molecule has 1 N–H and O–H groups in total. The van der Waals surface area contributed by atoms with Gasteiger partial charge in [0.25, 0.3) is 0 Å². The zero-order chi connectivity index (χ0) is 12.8. The summed E-state index contributed by atoms with van der Waals surface area (Å²) in [5.41, 5.74) is -1.75. The van der Waals surface area contributed by atoms with Gasteiger partial charge < -0.3 is 5.11 Å². The summed E-state index contributed by atoms with van der Waals surface area (Å²) in [4.78, 5) is 11.1. The molecule has 1 aliphatic rings. The molecule has 92 valence electrons. The second kappa shape index (κ2) is 3.73. The van der Waals surface area contributed by atoms with Gasteiger partial charge in [-0.2, -0.15) is 13.2 Å². The van der Waals surface area contributed by atoms with Crippen LogP contribution in [0.4, 0.5) is 13.2 Å². The molecule has 0 atom stereocenters. The van der Waals surface area contributed by atoms with Gasteiger partial charge in [0.1, 0.15) is 0 Å². The van der Waals surface area contributed by atoms with Crippen molar-refractivity contribution in [2.75, 3.05) is 0 Å². The third-order valence-corrected chi connectivity index (χ3v) is 3.66. The van der Waals surface area contributed by atoms with E-state index in [-0.39, 0.29) is 5.56 Å². The van der Waals surface area contributed by atoms with Crippen LogP contribution in [-0.2, 0) is 16.4 Å². The van der Waals surface area contributed by atoms with E-state index >= 15 is 0 Å². The van der Waals surface area contributed by atoms with Crippen molar-refractivity contribution in [3.05, 3.63) is 33.8 Å². The maximum Gasteiger partial charge on any atom is 0.416 e. The van der Waals surface area contributed by atoms with Crippen molar-refractivity contribution in [3.63, 3.8) is 0 Å². The summed E-state index contributed by atoms with van der Waals surface area (Å²) >= 11 is 3.11. The van der Waals surface area contributed by atoms with Crippen molar-refractivity contribution in [1.29, 1.82) is 0 Å². The topological polar surface area (TPSA) is 37.3 Å². The molecule has 0 radical (unpaired) electrons. The lowest BCUT2D eigenvalue weighted by Crippen LogP contribution is -2.21. The van der Waals surface area contributed by atoms with Crippen LogP contribution in [0.5, 0.6) is 0 Å². The molecule has 0 aliphatic heterocycles. The molecule has 6 heteroatoms. The van der Waals surface area contributed by atoms with Gasteiger partial charge in [-0.3, -0.25) is 4.79 Å². The number of carboxylic acids is 1. The molecular weight excluding hydrogens is 301 g/mol. The number of rotatable bonds is 2. The van der Waals surface area contributed by atoms with Crippen molar-refractivity contribution in [3.8, 4) is 0 Å². The Labute approximate surface area is 104 Å². The molecule has 0 unspecified atom stereocenters. The summed E-state index contributed by atoms with van der Waals surface area (Å²) in [6, 6.07) is 3.11. The fraction of sp³-hybridized carbons (Fsp3) is 0.364. The fourth-order valence-electron chi connectivity index (χ4n) is 1.79. The molecule has 0 amide bonds. The first-order chi connectivity index (χ1) is 7.77. The summed E-state index contributed by atoms with van der Waals surface area (Å²) in [6.45, 7) is 0. The van der Waals surface area contributed by atoms with Crippen LogP contribution >= 0.6 is 15.9 Å². The maximum absolute atomic E-state index is 12.5. The van der Waals surface area contributed by atoms with E-state index in [2.05, 4.69) is 15.9 Å². The molecular formula is C11H8BrF3O2.